The number of nitrogens with one attached hydrogen (secondary N) is 1. The van der Waals surface area contributed by atoms with E-state index in [1.807, 2.05) is 31.2 Å². The van der Waals surface area contributed by atoms with Gasteiger partial charge in [0.2, 0.25) is 0 Å². The topological polar surface area (TPSA) is 89.8 Å². The fourth-order valence-corrected chi connectivity index (χ4v) is 4.54. The number of ether oxygens (including phenoxy) is 4. The van der Waals surface area contributed by atoms with Crippen molar-refractivity contribution >= 4 is 63.5 Å². The molecule has 0 saturated carbocycles. The molecular weight excluding hydrogens is 630 g/mol. The van der Waals surface area contributed by atoms with Gasteiger partial charge in [-0.3, -0.25) is 4.79 Å². The molecule has 1 amide bonds. The molecule has 0 heterocycles. The van der Waals surface area contributed by atoms with E-state index in [9.17, 15) is 10.1 Å². The molecule has 0 unspecified atom stereocenters. The Morgan fingerprint density at radius 1 is 1.05 bits per heavy atom. The second kappa shape index (κ2) is 13.4. The molecule has 3 aromatic carbocycles. The van der Waals surface area contributed by atoms with Crippen molar-refractivity contribution in [3.8, 4) is 29.1 Å². The summed E-state index contributed by atoms with van der Waals surface area (Å²) < 4.78 is 23.1. The number of nitrogens with zero attached hydrogens (tertiary/aromatic N) is 1. The zero-order chi connectivity index (χ0) is 26.9. The van der Waals surface area contributed by atoms with Crippen molar-refractivity contribution in [3.63, 3.8) is 0 Å². The molecule has 3 rings (SSSR count). The molecular formula is C27H23Cl2IN2O5. The van der Waals surface area contributed by atoms with Gasteiger partial charge in [0.15, 0.2) is 11.5 Å². The average molecular weight is 653 g/mol. The van der Waals surface area contributed by atoms with Crippen molar-refractivity contribution in [2.45, 2.75) is 13.5 Å². The van der Waals surface area contributed by atoms with Crippen LogP contribution in [-0.2, 0) is 11.4 Å². The molecule has 0 aliphatic rings. The zero-order valence-electron chi connectivity index (χ0n) is 20.2. The van der Waals surface area contributed by atoms with Crippen LogP contribution in [0.1, 0.15) is 18.1 Å². The molecule has 0 aliphatic carbocycles. The quantitative estimate of drug-likeness (QED) is 0.142. The van der Waals surface area contributed by atoms with E-state index in [1.165, 1.54) is 32.4 Å². The summed E-state index contributed by atoms with van der Waals surface area (Å²) in [6.07, 6.45) is 1.47. The van der Waals surface area contributed by atoms with Crippen molar-refractivity contribution in [2.24, 2.45) is 0 Å². The van der Waals surface area contributed by atoms with Gasteiger partial charge in [-0.25, -0.2) is 0 Å². The SMILES string of the molecule is CCOc1cc(/C=C(\C#N)C(=O)Nc2cc(OC)c(Cl)cc2OC)cc(I)c1OCc1cccc(Cl)c1. The van der Waals surface area contributed by atoms with Crippen LogP contribution in [0.25, 0.3) is 6.08 Å². The van der Waals surface area contributed by atoms with E-state index in [0.29, 0.717) is 57.5 Å². The van der Waals surface area contributed by atoms with Crippen molar-refractivity contribution in [1.82, 2.24) is 0 Å². The van der Waals surface area contributed by atoms with Gasteiger partial charge in [-0.05, 0) is 71.0 Å². The monoisotopic (exact) mass is 652 g/mol. The van der Waals surface area contributed by atoms with Gasteiger partial charge in [0.1, 0.15) is 29.7 Å². The van der Waals surface area contributed by atoms with Crippen molar-refractivity contribution in [3.05, 3.63) is 78.8 Å². The van der Waals surface area contributed by atoms with Crippen LogP contribution in [0.5, 0.6) is 23.0 Å². The Labute approximate surface area is 239 Å². The minimum absolute atomic E-state index is 0.123. The highest BCUT2D eigenvalue weighted by molar-refractivity contribution is 14.1. The molecule has 192 valence electrons. The van der Waals surface area contributed by atoms with Gasteiger partial charge in [0.25, 0.3) is 5.91 Å². The molecule has 0 aliphatic heterocycles. The molecule has 0 fully saturated rings. The molecule has 1 N–H and O–H groups in total. The summed E-state index contributed by atoms with van der Waals surface area (Å²) in [6, 6.07) is 15.9. The third-order valence-corrected chi connectivity index (χ3v) is 6.33. The fraction of sp³-hybridized carbons (Fsp3) is 0.185. The predicted octanol–water partition coefficient (Wildman–Crippen LogP) is 7.14. The summed E-state index contributed by atoms with van der Waals surface area (Å²) >= 11 is 14.3. The van der Waals surface area contributed by atoms with Crippen LogP contribution in [-0.4, -0.2) is 26.7 Å². The second-order valence-electron chi connectivity index (χ2n) is 7.49. The van der Waals surface area contributed by atoms with E-state index in [-0.39, 0.29) is 5.57 Å². The Morgan fingerprint density at radius 2 is 1.81 bits per heavy atom. The minimum atomic E-state index is -0.626. The fourth-order valence-electron chi connectivity index (χ4n) is 3.32. The third-order valence-electron chi connectivity index (χ3n) is 5.00. The Kier molecular flexibility index (Phi) is 10.3. The average Bonchev–Trinajstić information content (AvgIpc) is 2.87. The number of anilines is 1. The lowest BCUT2D eigenvalue weighted by molar-refractivity contribution is -0.112. The second-order valence-corrected chi connectivity index (χ2v) is 9.50. The summed E-state index contributed by atoms with van der Waals surface area (Å²) in [5, 5.41) is 13.3. The maximum atomic E-state index is 13.0. The van der Waals surface area contributed by atoms with Gasteiger partial charge < -0.3 is 24.3 Å². The van der Waals surface area contributed by atoms with Gasteiger partial charge in [-0.2, -0.15) is 5.26 Å². The van der Waals surface area contributed by atoms with Gasteiger partial charge in [0, 0.05) is 17.2 Å². The lowest BCUT2D eigenvalue weighted by Gasteiger charge is -2.15. The molecule has 10 heteroatoms. The molecule has 0 radical (unpaired) electrons. The number of hydrogen-bond acceptors (Lipinski definition) is 6. The highest BCUT2D eigenvalue weighted by Gasteiger charge is 2.17. The third kappa shape index (κ3) is 7.44. The summed E-state index contributed by atoms with van der Waals surface area (Å²) in [6.45, 7) is 2.56. The summed E-state index contributed by atoms with van der Waals surface area (Å²) in [5.74, 6) is 1.10. The van der Waals surface area contributed by atoms with E-state index in [2.05, 4.69) is 27.9 Å². The largest absolute Gasteiger partial charge is 0.495 e. The standard InChI is InChI=1S/C27H23Cl2IN2O5/c1-4-36-25-11-17(10-21(30)26(25)37-15-16-6-5-7-19(28)9-16)8-18(14-31)27(33)32-22-13-23(34-2)20(29)12-24(22)35-3/h5-13H,4,15H2,1-3H3,(H,32,33)/b18-8+. The number of hydrogen-bond donors (Lipinski definition) is 1. The van der Waals surface area contributed by atoms with Crippen LogP contribution in [0, 0.1) is 14.9 Å². The van der Waals surface area contributed by atoms with Gasteiger partial charge >= 0.3 is 0 Å². The van der Waals surface area contributed by atoms with Gasteiger partial charge in [-0.15, -0.1) is 0 Å². The van der Waals surface area contributed by atoms with E-state index >= 15 is 0 Å². The zero-order valence-corrected chi connectivity index (χ0v) is 23.9. The van der Waals surface area contributed by atoms with Crippen LogP contribution in [0.3, 0.4) is 0 Å². The van der Waals surface area contributed by atoms with Crippen molar-refractivity contribution < 1.29 is 23.7 Å². The Balaban J connectivity index is 1.88. The first-order valence-corrected chi connectivity index (χ1v) is 12.8. The van der Waals surface area contributed by atoms with E-state index in [4.69, 9.17) is 42.1 Å². The van der Waals surface area contributed by atoms with E-state index in [0.717, 1.165) is 9.13 Å². The number of carbonyl (C=O) groups excluding carboxylic acids is 1. The van der Waals surface area contributed by atoms with Crippen LogP contribution >= 0.6 is 45.8 Å². The van der Waals surface area contributed by atoms with Crippen molar-refractivity contribution in [1.29, 1.82) is 5.26 Å². The highest BCUT2D eigenvalue weighted by atomic mass is 127. The lowest BCUT2D eigenvalue weighted by atomic mass is 10.1. The minimum Gasteiger partial charge on any atom is -0.495 e. The van der Waals surface area contributed by atoms with E-state index < -0.39 is 5.91 Å². The maximum absolute atomic E-state index is 13.0. The molecule has 3 aromatic rings. The van der Waals surface area contributed by atoms with Crippen molar-refractivity contribution in [2.75, 3.05) is 26.1 Å². The molecule has 0 spiro atoms. The van der Waals surface area contributed by atoms with Gasteiger partial charge in [-0.1, -0.05) is 35.3 Å². The Morgan fingerprint density at radius 3 is 2.46 bits per heavy atom. The summed E-state index contributed by atoms with van der Waals surface area (Å²) in [7, 11) is 2.90. The Bertz CT molecular complexity index is 1370. The highest BCUT2D eigenvalue weighted by Crippen LogP contribution is 2.37. The number of amides is 1. The number of nitriles is 1. The predicted molar refractivity (Wildman–Crippen MR) is 153 cm³/mol. The first-order chi connectivity index (χ1) is 17.8. The Hall–Kier alpha value is -3.13. The van der Waals surface area contributed by atoms with Crippen LogP contribution in [0.2, 0.25) is 10.0 Å². The number of halogens is 3. The molecule has 0 atom stereocenters. The van der Waals surface area contributed by atoms with Crippen LogP contribution < -0.4 is 24.3 Å². The number of rotatable bonds is 10. The van der Waals surface area contributed by atoms with Crippen LogP contribution in [0.15, 0.2) is 54.1 Å². The molecule has 0 aromatic heterocycles. The van der Waals surface area contributed by atoms with Crippen LogP contribution in [0.4, 0.5) is 5.69 Å². The van der Waals surface area contributed by atoms with Gasteiger partial charge in [0.05, 0.1) is 35.1 Å². The molecule has 0 bridgehead atoms. The first-order valence-electron chi connectivity index (χ1n) is 11.0. The normalized spacial score (nSPS) is 10.9. The smallest absolute Gasteiger partial charge is 0.266 e. The molecule has 7 nitrogen and oxygen atoms in total. The summed E-state index contributed by atoms with van der Waals surface area (Å²) in [5.41, 5.74) is 1.69. The molecule has 37 heavy (non-hydrogen) atoms. The number of methoxy groups -OCH3 is 2. The first kappa shape index (κ1) is 28.4. The lowest BCUT2D eigenvalue weighted by Crippen LogP contribution is -2.14. The summed E-state index contributed by atoms with van der Waals surface area (Å²) in [4.78, 5) is 13.0. The van der Waals surface area contributed by atoms with E-state index in [1.54, 1.807) is 18.2 Å². The molecule has 0 saturated heterocycles. The number of benzene rings is 3. The number of carbonyl (C=O) groups is 1. The maximum Gasteiger partial charge on any atom is 0.266 e.